The molecule has 0 fully saturated rings. The minimum Gasteiger partial charge on any atom is -0.494 e. The summed E-state index contributed by atoms with van der Waals surface area (Å²) in [7, 11) is 1.53. The Hall–Kier alpha value is -1.84. The molecule has 0 saturated carbocycles. The highest BCUT2D eigenvalue weighted by molar-refractivity contribution is 7.98. The minimum atomic E-state index is -0.545. The summed E-state index contributed by atoms with van der Waals surface area (Å²) in [5.41, 5.74) is 7.14. The van der Waals surface area contributed by atoms with E-state index in [0.717, 1.165) is 11.4 Å². The summed E-state index contributed by atoms with van der Waals surface area (Å²) in [6.45, 7) is 0. The molecule has 1 aromatic heterocycles. The van der Waals surface area contributed by atoms with Crippen LogP contribution in [0.5, 0.6) is 5.75 Å². The van der Waals surface area contributed by atoms with Gasteiger partial charge in [-0.1, -0.05) is 0 Å². The first-order valence-electron chi connectivity index (χ1n) is 6.62. The lowest BCUT2D eigenvalue weighted by Gasteiger charge is -2.14. The number of nitrogens with two attached hydrogens (primary N) is 1. The molecule has 2 aromatic rings. The Kier molecular flexibility index (Phi) is 7.79. The van der Waals surface area contributed by atoms with Crippen molar-refractivity contribution in [2.45, 2.75) is 12.5 Å². The maximum Gasteiger partial charge on any atom is 0.241 e. The second kappa shape index (κ2) is 9.33. The van der Waals surface area contributed by atoms with Gasteiger partial charge in [-0.05, 0) is 41.0 Å². The Morgan fingerprint density at radius 1 is 1.52 bits per heavy atom. The lowest BCUT2D eigenvalue weighted by atomic mass is 10.2. The summed E-state index contributed by atoms with van der Waals surface area (Å²) < 4.78 is 6.80. The van der Waals surface area contributed by atoms with Crippen molar-refractivity contribution in [2.75, 3.05) is 24.4 Å². The lowest BCUT2D eigenvalue weighted by molar-refractivity contribution is -0.117. The van der Waals surface area contributed by atoms with Gasteiger partial charge in [0.25, 0.3) is 0 Å². The summed E-state index contributed by atoms with van der Waals surface area (Å²) >= 11 is 1.66. The SMILES string of the molecule is COc1cc(-n2cnnn2)ccc1NC(=O)[C@@H](N)CCSC.Cl. The molecule has 2 rings (SSSR count). The van der Waals surface area contributed by atoms with Crippen LogP contribution in [-0.4, -0.2) is 51.3 Å². The van der Waals surface area contributed by atoms with E-state index in [0.29, 0.717) is 17.9 Å². The predicted molar refractivity (Wildman–Crippen MR) is 92.6 cm³/mol. The lowest BCUT2D eigenvalue weighted by Crippen LogP contribution is -2.36. The van der Waals surface area contributed by atoms with E-state index in [9.17, 15) is 4.79 Å². The number of ether oxygens (including phenoxy) is 1. The molecular formula is C13H19ClN6O2S. The second-order valence-electron chi connectivity index (χ2n) is 4.52. The molecule has 1 aromatic carbocycles. The highest BCUT2D eigenvalue weighted by Gasteiger charge is 2.15. The van der Waals surface area contributed by atoms with E-state index in [1.54, 1.807) is 30.0 Å². The first-order valence-corrected chi connectivity index (χ1v) is 8.02. The quantitative estimate of drug-likeness (QED) is 0.763. The van der Waals surface area contributed by atoms with Crippen LogP contribution in [0.1, 0.15) is 6.42 Å². The number of hydrogen-bond acceptors (Lipinski definition) is 7. The zero-order chi connectivity index (χ0) is 15.9. The standard InChI is InChI=1S/C13H18N6O2S.ClH/c1-21-12-7-9(19-8-15-17-18-19)3-4-11(12)16-13(20)10(14)5-6-22-2;/h3-4,7-8,10H,5-6,14H2,1-2H3,(H,16,20);1H/t10-;/m0./s1. The maximum absolute atomic E-state index is 12.1. The van der Waals surface area contributed by atoms with Crippen molar-refractivity contribution in [3.63, 3.8) is 0 Å². The number of carbonyl (C=O) groups excluding carboxylic acids is 1. The highest BCUT2D eigenvalue weighted by Crippen LogP contribution is 2.27. The number of benzene rings is 1. The number of nitrogens with one attached hydrogen (secondary N) is 1. The molecule has 0 saturated heterocycles. The van der Waals surface area contributed by atoms with Crippen molar-refractivity contribution in [3.05, 3.63) is 24.5 Å². The normalized spacial score (nSPS) is 11.4. The molecule has 0 bridgehead atoms. The summed E-state index contributed by atoms with van der Waals surface area (Å²) in [6.07, 6.45) is 4.08. The third-order valence-corrected chi connectivity index (χ3v) is 3.67. The number of rotatable bonds is 7. The van der Waals surface area contributed by atoms with E-state index in [4.69, 9.17) is 10.5 Å². The van der Waals surface area contributed by atoms with Gasteiger partial charge in [0.2, 0.25) is 5.91 Å². The number of anilines is 1. The number of hydrogen-bond donors (Lipinski definition) is 2. The average Bonchev–Trinajstić information content (AvgIpc) is 3.07. The number of carbonyl (C=O) groups is 1. The molecule has 0 aliphatic carbocycles. The van der Waals surface area contributed by atoms with Gasteiger partial charge in [-0.15, -0.1) is 17.5 Å². The van der Waals surface area contributed by atoms with Gasteiger partial charge in [0.15, 0.2) is 0 Å². The van der Waals surface area contributed by atoms with E-state index in [1.807, 2.05) is 6.26 Å². The van der Waals surface area contributed by atoms with E-state index in [1.165, 1.54) is 18.1 Å². The summed E-state index contributed by atoms with van der Waals surface area (Å²) in [5, 5.41) is 13.7. The number of halogens is 1. The highest BCUT2D eigenvalue weighted by atomic mass is 35.5. The van der Waals surface area contributed by atoms with Gasteiger partial charge >= 0.3 is 0 Å². The molecule has 1 atom stereocenters. The van der Waals surface area contributed by atoms with Crippen LogP contribution in [0.3, 0.4) is 0 Å². The number of amides is 1. The zero-order valence-corrected chi connectivity index (χ0v) is 14.4. The van der Waals surface area contributed by atoms with Crippen molar-refractivity contribution >= 4 is 35.8 Å². The predicted octanol–water partition coefficient (Wildman–Crippen LogP) is 1.11. The molecule has 23 heavy (non-hydrogen) atoms. The smallest absolute Gasteiger partial charge is 0.241 e. The summed E-state index contributed by atoms with van der Waals surface area (Å²) in [5.74, 6) is 1.12. The molecule has 8 nitrogen and oxygen atoms in total. The maximum atomic E-state index is 12.1. The number of aromatic nitrogens is 4. The fourth-order valence-electron chi connectivity index (χ4n) is 1.81. The third-order valence-electron chi connectivity index (χ3n) is 3.03. The van der Waals surface area contributed by atoms with Gasteiger partial charge in [-0.25, -0.2) is 4.68 Å². The topological polar surface area (TPSA) is 108 Å². The number of thioether (sulfide) groups is 1. The molecule has 0 radical (unpaired) electrons. The van der Waals surface area contributed by atoms with Crippen LogP contribution in [-0.2, 0) is 4.79 Å². The van der Waals surface area contributed by atoms with Crippen molar-refractivity contribution < 1.29 is 9.53 Å². The van der Waals surface area contributed by atoms with Crippen LogP contribution >= 0.6 is 24.2 Å². The Bertz CT molecular complexity index is 625. The Balaban J connectivity index is 0.00000264. The Morgan fingerprint density at radius 3 is 2.91 bits per heavy atom. The molecule has 3 N–H and O–H groups in total. The van der Waals surface area contributed by atoms with Gasteiger partial charge in [-0.2, -0.15) is 11.8 Å². The molecule has 0 aliphatic rings. The van der Waals surface area contributed by atoms with Crippen LogP contribution in [0.4, 0.5) is 5.69 Å². The third kappa shape index (κ3) is 5.08. The minimum absolute atomic E-state index is 0. The van der Waals surface area contributed by atoms with Gasteiger partial charge in [0, 0.05) is 6.07 Å². The summed E-state index contributed by atoms with van der Waals surface area (Å²) in [6, 6.07) is 4.70. The monoisotopic (exact) mass is 358 g/mol. The molecule has 1 amide bonds. The Labute approximate surface area is 144 Å². The van der Waals surface area contributed by atoms with Crippen molar-refractivity contribution in [3.8, 4) is 11.4 Å². The fourth-order valence-corrected chi connectivity index (χ4v) is 2.30. The van der Waals surface area contributed by atoms with Crippen molar-refractivity contribution in [1.29, 1.82) is 0 Å². The van der Waals surface area contributed by atoms with Crippen LogP contribution in [0.2, 0.25) is 0 Å². The van der Waals surface area contributed by atoms with Gasteiger partial charge in [0.05, 0.1) is 24.5 Å². The number of nitrogens with zero attached hydrogens (tertiary/aromatic N) is 4. The number of methoxy groups -OCH3 is 1. The van der Waals surface area contributed by atoms with Crippen LogP contribution in [0.15, 0.2) is 24.5 Å². The Morgan fingerprint density at radius 2 is 2.30 bits per heavy atom. The van der Waals surface area contributed by atoms with Gasteiger partial charge in [0.1, 0.15) is 12.1 Å². The zero-order valence-electron chi connectivity index (χ0n) is 12.8. The molecule has 126 valence electrons. The molecule has 0 aliphatic heterocycles. The van der Waals surface area contributed by atoms with Crippen molar-refractivity contribution in [2.24, 2.45) is 5.73 Å². The van der Waals surface area contributed by atoms with Gasteiger partial charge < -0.3 is 15.8 Å². The molecule has 10 heteroatoms. The van der Waals surface area contributed by atoms with Crippen LogP contribution < -0.4 is 15.8 Å². The van der Waals surface area contributed by atoms with E-state index >= 15 is 0 Å². The van der Waals surface area contributed by atoms with Crippen molar-refractivity contribution in [1.82, 2.24) is 20.2 Å². The second-order valence-corrected chi connectivity index (χ2v) is 5.50. The van der Waals surface area contributed by atoms with E-state index in [2.05, 4.69) is 20.8 Å². The molecular weight excluding hydrogens is 340 g/mol. The molecule has 0 unspecified atom stereocenters. The fraction of sp³-hybridized carbons (Fsp3) is 0.385. The first-order chi connectivity index (χ1) is 10.7. The van der Waals surface area contributed by atoms with Crippen LogP contribution in [0.25, 0.3) is 5.69 Å². The summed E-state index contributed by atoms with van der Waals surface area (Å²) in [4.78, 5) is 12.1. The van der Waals surface area contributed by atoms with E-state index < -0.39 is 6.04 Å². The van der Waals surface area contributed by atoms with Crippen LogP contribution in [0, 0.1) is 0 Å². The first kappa shape index (κ1) is 19.2. The number of tetrazole rings is 1. The average molecular weight is 359 g/mol. The van der Waals surface area contributed by atoms with Gasteiger partial charge in [-0.3, -0.25) is 4.79 Å². The molecule has 0 spiro atoms. The largest absolute Gasteiger partial charge is 0.494 e. The molecule has 1 heterocycles. The van der Waals surface area contributed by atoms with E-state index in [-0.39, 0.29) is 18.3 Å².